The van der Waals surface area contributed by atoms with Gasteiger partial charge in [-0.25, -0.2) is 4.31 Å². The van der Waals surface area contributed by atoms with Crippen LogP contribution >= 0.6 is 11.8 Å². The molecule has 32 heavy (non-hydrogen) atoms. The molecule has 0 N–H and O–H groups in total. The summed E-state index contributed by atoms with van der Waals surface area (Å²) in [4.78, 5) is 13.1. The van der Waals surface area contributed by atoms with E-state index in [1.54, 1.807) is 0 Å². The zero-order chi connectivity index (χ0) is 22.7. The Balaban J connectivity index is 1.53. The minimum Gasteiger partial charge on any atom is -0.411 e. The number of aromatic nitrogens is 2. The highest BCUT2D eigenvalue weighted by Crippen LogP contribution is 2.33. The van der Waals surface area contributed by atoms with Crippen molar-refractivity contribution in [3.05, 3.63) is 66.2 Å². The lowest BCUT2D eigenvalue weighted by atomic mass is 10.0. The van der Waals surface area contributed by atoms with Crippen LogP contribution in [0.3, 0.4) is 0 Å². The van der Waals surface area contributed by atoms with Gasteiger partial charge in [0.2, 0.25) is 5.89 Å². The fourth-order valence-corrected chi connectivity index (χ4v) is 6.21. The van der Waals surface area contributed by atoms with Crippen LogP contribution in [0.25, 0.3) is 11.5 Å². The van der Waals surface area contributed by atoms with Gasteiger partial charge >= 0.3 is 10.2 Å². The molecule has 1 aliphatic rings. The number of nitrogens with zero attached hydrogens (tertiary/aromatic N) is 4. The Kier molecular flexibility index (Phi) is 6.63. The Hall–Kier alpha value is -2.69. The normalized spacial score (nSPS) is 18.5. The Bertz CT molecular complexity index is 1170. The summed E-state index contributed by atoms with van der Waals surface area (Å²) in [6.07, 6.45) is 0.449. The molecular formula is C22H24N4O4S2. The highest BCUT2D eigenvalue weighted by Gasteiger charge is 2.50. The maximum atomic E-state index is 13.3. The highest BCUT2D eigenvalue weighted by atomic mass is 32.2. The highest BCUT2D eigenvalue weighted by molar-refractivity contribution is 7.99. The SMILES string of the molecule is CC(C)CC1C(=O)N(CSc2nnc(-c3ccccc3)o2)S(=O)(=O)N1Cc1ccccc1. The van der Waals surface area contributed by atoms with Crippen molar-refractivity contribution in [3.8, 4) is 11.5 Å². The summed E-state index contributed by atoms with van der Waals surface area (Å²) in [7, 11) is -3.98. The molecule has 8 nitrogen and oxygen atoms in total. The summed E-state index contributed by atoms with van der Waals surface area (Å²) in [5.41, 5.74) is 1.60. The molecule has 1 unspecified atom stereocenters. The third-order valence-electron chi connectivity index (χ3n) is 5.06. The summed E-state index contributed by atoms with van der Waals surface area (Å²) in [5, 5.41) is 8.19. The second-order valence-electron chi connectivity index (χ2n) is 7.88. The van der Waals surface area contributed by atoms with E-state index in [-0.39, 0.29) is 23.6 Å². The molecule has 1 fully saturated rings. The van der Waals surface area contributed by atoms with Crippen molar-refractivity contribution in [3.63, 3.8) is 0 Å². The Morgan fingerprint density at radius 3 is 2.34 bits per heavy atom. The van der Waals surface area contributed by atoms with Crippen LogP contribution in [0.1, 0.15) is 25.8 Å². The standard InChI is InChI=1S/C22H24N4O4S2/c1-16(2)13-19-21(27)26(32(28,29)25(19)14-17-9-5-3-6-10-17)15-31-22-24-23-20(30-22)18-11-7-4-8-12-18/h3-12,16,19H,13-15H2,1-2H3. The molecule has 1 aromatic heterocycles. The molecule has 4 rings (SSSR count). The minimum atomic E-state index is -3.98. The molecule has 1 aliphatic heterocycles. The van der Waals surface area contributed by atoms with Crippen LogP contribution in [0, 0.1) is 5.92 Å². The topological polar surface area (TPSA) is 96.6 Å². The first-order valence-electron chi connectivity index (χ1n) is 10.2. The van der Waals surface area contributed by atoms with Crippen LogP contribution in [0.4, 0.5) is 0 Å². The van der Waals surface area contributed by atoms with Gasteiger partial charge in [-0.1, -0.05) is 62.4 Å². The lowest BCUT2D eigenvalue weighted by Gasteiger charge is -2.21. The van der Waals surface area contributed by atoms with Gasteiger partial charge in [-0.05, 0) is 41.8 Å². The van der Waals surface area contributed by atoms with Crippen molar-refractivity contribution in [1.29, 1.82) is 0 Å². The molecule has 0 saturated carbocycles. The van der Waals surface area contributed by atoms with Crippen LogP contribution in [-0.4, -0.2) is 45.1 Å². The lowest BCUT2D eigenvalue weighted by Crippen LogP contribution is -2.36. The smallest absolute Gasteiger partial charge is 0.308 e. The van der Waals surface area contributed by atoms with Crippen molar-refractivity contribution in [1.82, 2.24) is 18.8 Å². The van der Waals surface area contributed by atoms with Gasteiger partial charge in [0.1, 0.15) is 6.04 Å². The molecule has 1 saturated heterocycles. The zero-order valence-corrected chi connectivity index (χ0v) is 19.4. The maximum Gasteiger partial charge on any atom is 0.308 e. The van der Waals surface area contributed by atoms with Crippen LogP contribution in [-0.2, 0) is 21.5 Å². The van der Waals surface area contributed by atoms with Crippen molar-refractivity contribution < 1.29 is 17.6 Å². The first-order chi connectivity index (χ1) is 15.4. The van der Waals surface area contributed by atoms with Gasteiger partial charge in [-0.3, -0.25) is 4.79 Å². The van der Waals surface area contributed by atoms with Crippen molar-refractivity contribution in [2.24, 2.45) is 5.92 Å². The van der Waals surface area contributed by atoms with Crippen LogP contribution in [0.2, 0.25) is 0 Å². The number of hydrogen-bond acceptors (Lipinski definition) is 7. The Morgan fingerprint density at radius 2 is 1.69 bits per heavy atom. The van der Waals surface area contributed by atoms with Gasteiger partial charge < -0.3 is 4.42 Å². The number of carbonyl (C=O) groups is 1. The first kappa shape index (κ1) is 22.5. The average molecular weight is 473 g/mol. The molecular weight excluding hydrogens is 448 g/mol. The van der Waals surface area contributed by atoms with Crippen molar-refractivity contribution in [2.75, 3.05) is 5.88 Å². The van der Waals surface area contributed by atoms with E-state index in [1.165, 1.54) is 4.31 Å². The molecule has 0 radical (unpaired) electrons. The van der Waals surface area contributed by atoms with E-state index in [0.717, 1.165) is 27.2 Å². The quantitative estimate of drug-likeness (QED) is 0.460. The number of thioether (sulfide) groups is 1. The molecule has 0 aliphatic carbocycles. The predicted octanol–water partition coefficient (Wildman–Crippen LogP) is 3.79. The number of hydrogen-bond donors (Lipinski definition) is 0. The second kappa shape index (κ2) is 9.43. The predicted molar refractivity (Wildman–Crippen MR) is 121 cm³/mol. The molecule has 10 heteroatoms. The van der Waals surface area contributed by atoms with Gasteiger partial charge in [0.15, 0.2) is 0 Å². The van der Waals surface area contributed by atoms with Gasteiger partial charge in [0.05, 0.1) is 5.88 Å². The Morgan fingerprint density at radius 1 is 1.03 bits per heavy atom. The number of rotatable bonds is 8. The summed E-state index contributed by atoms with van der Waals surface area (Å²) < 4.78 is 34.5. The molecule has 1 amide bonds. The summed E-state index contributed by atoms with van der Waals surface area (Å²) in [6, 6.07) is 17.8. The summed E-state index contributed by atoms with van der Waals surface area (Å²) >= 11 is 1.03. The summed E-state index contributed by atoms with van der Waals surface area (Å²) in [5.74, 6) is -0.0521. The molecule has 3 aromatic rings. The van der Waals surface area contributed by atoms with Crippen LogP contribution in [0.15, 0.2) is 70.3 Å². The van der Waals surface area contributed by atoms with Gasteiger partial charge in [-0.15, -0.1) is 10.2 Å². The van der Waals surface area contributed by atoms with Crippen molar-refractivity contribution in [2.45, 2.75) is 38.1 Å². The third-order valence-corrected chi connectivity index (χ3v) is 7.87. The lowest BCUT2D eigenvalue weighted by molar-refractivity contribution is -0.127. The van der Waals surface area contributed by atoms with Crippen molar-refractivity contribution >= 4 is 27.9 Å². The fourth-order valence-electron chi connectivity index (χ4n) is 3.52. The molecule has 0 spiro atoms. The van der Waals surface area contributed by atoms with E-state index in [9.17, 15) is 13.2 Å². The third kappa shape index (κ3) is 4.72. The van der Waals surface area contributed by atoms with E-state index >= 15 is 0 Å². The van der Waals surface area contributed by atoms with E-state index in [0.29, 0.717) is 12.3 Å². The Labute approximate surface area is 191 Å². The van der Waals surface area contributed by atoms with Gasteiger partial charge in [0, 0.05) is 12.1 Å². The van der Waals surface area contributed by atoms with Gasteiger partial charge in [-0.2, -0.15) is 12.7 Å². The molecule has 0 bridgehead atoms. The van der Waals surface area contributed by atoms with E-state index < -0.39 is 22.2 Å². The molecule has 2 heterocycles. The maximum absolute atomic E-state index is 13.3. The molecule has 1 atom stereocenters. The first-order valence-corrected chi connectivity index (χ1v) is 12.6. The number of carbonyl (C=O) groups excluding carboxylic acids is 1. The van der Waals surface area contributed by atoms with E-state index in [1.807, 2.05) is 74.5 Å². The second-order valence-corrected chi connectivity index (χ2v) is 10.6. The molecule has 2 aromatic carbocycles. The van der Waals surface area contributed by atoms with E-state index in [2.05, 4.69) is 10.2 Å². The minimum absolute atomic E-state index is 0.128. The fraction of sp³-hybridized carbons (Fsp3) is 0.318. The van der Waals surface area contributed by atoms with Crippen LogP contribution in [0.5, 0.6) is 0 Å². The zero-order valence-electron chi connectivity index (χ0n) is 17.8. The largest absolute Gasteiger partial charge is 0.411 e. The molecule has 168 valence electrons. The van der Waals surface area contributed by atoms with Gasteiger partial charge in [0.25, 0.3) is 11.1 Å². The monoisotopic (exact) mass is 472 g/mol. The average Bonchev–Trinajstić information content (AvgIpc) is 3.31. The number of benzene rings is 2. The number of amides is 1. The van der Waals surface area contributed by atoms with E-state index in [4.69, 9.17) is 4.42 Å². The summed E-state index contributed by atoms with van der Waals surface area (Å²) in [6.45, 7) is 4.09. The van der Waals surface area contributed by atoms with Crippen LogP contribution < -0.4 is 0 Å².